The second-order valence-corrected chi connectivity index (χ2v) is 8.39. The molecule has 2 heterocycles. The van der Waals surface area contributed by atoms with Gasteiger partial charge in [-0.1, -0.05) is 48.0 Å². The molecular weight excluding hydrogens is 464 g/mol. The molecule has 9 heteroatoms. The first-order valence-corrected chi connectivity index (χ1v) is 11.2. The maximum absolute atomic E-state index is 13.6. The van der Waals surface area contributed by atoms with Crippen LogP contribution in [0.5, 0.6) is 5.75 Å². The van der Waals surface area contributed by atoms with Gasteiger partial charge in [-0.2, -0.15) is 4.98 Å². The predicted molar refractivity (Wildman–Crippen MR) is 138 cm³/mol. The summed E-state index contributed by atoms with van der Waals surface area (Å²) in [6.07, 6.45) is 1.61. The number of hydrogen-bond acceptors (Lipinski definition) is 7. The molecule has 8 nitrogen and oxygen atoms in total. The number of aromatic nitrogens is 4. The fourth-order valence-corrected chi connectivity index (χ4v) is 4.20. The summed E-state index contributed by atoms with van der Waals surface area (Å²) in [7, 11) is 0. The minimum Gasteiger partial charge on any atom is -0.508 e. The highest BCUT2D eigenvalue weighted by Gasteiger charge is 2.21. The summed E-state index contributed by atoms with van der Waals surface area (Å²) >= 11 is 6.38. The highest BCUT2D eigenvalue weighted by Crippen LogP contribution is 2.31. The highest BCUT2D eigenvalue weighted by atomic mass is 35.5. The van der Waals surface area contributed by atoms with Crippen LogP contribution in [0.1, 0.15) is 18.8 Å². The number of rotatable bonds is 5. The van der Waals surface area contributed by atoms with Crippen molar-refractivity contribution in [3.63, 3.8) is 0 Å². The molecule has 4 N–H and O–H groups in total. The Kier molecular flexibility index (Phi) is 5.80. The van der Waals surface area contributed by atoms with Crippen molar-refractivity contribution >= 4 is 34.3 Å². The van der Waals surface area contributed by atoms with Crippen LogP contribution in [-0.2, 0) is 0 Å². The zero-order valence-electron chi connectivity index (χ0n) is 18.7. The van der Waals surface area contributed by atoms with E-state index in [2.05, 4.69) is 15.3 Å². The fraction of sp³-hybridized carbons (Fsp3) is 0.0769. The van der Waals surface area contributed by atoms with Gasteiger partial charge in [0, 0.05) is 11.8 Å². The van der Waals surface area contributed by atoms with Gasteiger partial charge in [0.2, 0.25) is 5.95 Å². The lowest BCUT2D eigenvalue weighted by molar-refractivity contribution is 0.475. The van der Waals surface area contributed by atoms with E-state index in [1.165, 1.54) is 0 Å². The Balaban J connectivity index is 1.66. The number of nitrogens with two attached hydrogens (primary N) is 1. The molecule has 5 aromatic rings. The van der Waals surface area contributed by atoms with Crippen LogP contribution in [0.2, 0.25) is 5.02 Å². The van der Waals surface area contributed by atoms with Gasteiger partial charge in [0.05, 0.1) is 27.7 Å². The summed E-state index contributed by atoms with van der Waals surface area (Å²) < 4.78 is 1.55. The summed E-state index contributed by atoms with van der Waals surface area (Å²) in [6, 6.07) is 20.7. The SMILES string of the molecule is CC(Nc1nc(N)ncc1-c1ccc(O)cc1)c1nc2cccc(Cl)c2c(=O)n1-c1ccccc1. The number of fused-ring (bicyclic) bond motifs is 1. The molecule has 5 rings (SSSR count). The van der Waals surface area contributed by atoms with Crippen molar-refractivity contribution in [2.45, 2.75) is 13.0 Å². The minimum atomic E-state index is -0.462. The average Bonchev–Trinajstić information content (AvgIpc) is 2.85. The van der Waals surface area contributed by atoms with Crippen molar-refractivity contribution in [3.8, 4) is 22.6 Å². The molecule has 1 unspecified atom stereocenters. The lowest BCUT2D eigenvalue weighted by Crippen LogP contribution is -2.27. The molecule has 0 saturated carbocycles. The van der Waals surface area contributed by atoms with Crippen molar-refractivity contribution in [2.24, 2.45) is 0 Å². The molecule has 1 atom stereocenters. The largest absolute Gasteiger partial charge is 0.508 e. The van der Waals surface area contributed by atoms with E-state index in [1.807, 2.05) is 37.3 Å². The van der Waals surface area contributed by atoms with Gasteiger partial charge in [-0.3, -0.25) is 9.36 Å². The van der Waals surface area contributed by atoms with Crippen LogP contribution in [0.3, 0.4) is 0 Å². The Morgan fingerprint density at radius 2 is 1.74 bits per heavy atom. The number of aromatic hydroxyl groups is 1. The number of benzene rings is 3. The number of phenolic OH excluding ortho intramolecular Hbond substituents is 1. The number of nitrogen functional groups attached to an aromatic ring is 1. The summed E-state index contributed by atoms with van der Waals surface area (Å²) in [5.74, 6) is 1.19. The predicted octanol–water partition coefficient (Wildman–Crippen LogP) is 4.96. The molecule has 0 amide bonds. The number of halogens is 1. The van der Waals surface area contributed by atoms with E-state index in [4.69, 9.17) is 22.3 Å². The Labute approximate surface area is 205 Å². The Bertz CT molecular complexity index is 1590. The number of nitrogens with zero attached hydrogens (tertiary/aromatic N) is 4. The monoisotopic (exact) mass is 484 g/mol. The van der Waals surface area contributed by atoms with E-state index in [0.29, 0.717) is 38.8 Å². The molecule has 3 aromatic carbocycles. The van der Waals surface area contributed by atoms with Gasteiger partial charge in [0.1, 0.15) is 17.4 Å². The average molecular weight is 485 g/mol. The van der Waals surface area contributed by atoms with Crippen LogP contribution in [0, 0.1) is 0 Å². The van der Waals surface area contributed by atoms with Crippen molar-refractivity contribution in [2.75, 3.05) is 11.1 Å². The van der Waals surface area contributed by atoms with Crippen LogP contribution >= 0.6 is 11.6 Å². The van der Waals surface area contributed by atoms with E-state index in [-0.39, 0.29) is 17.3 Å². The molecule has 0 radical (unpaired) electrons. The van der Waals surface area contributed by atoms with Crippen molar-refractivity contribution in [1.29, 1.82) is 0 Å². The van der Waals surface area contributed by atoms with Crippen LogP contribution in [0.25, 0.3) is 27.7 Å². The van der Waals surface area contributed by atoms with Crippen LogP contribution in [0.15, 0.2) is 83.8 Å². The number of anilines is 2. The summed E-state index contributed by atoms with van der Waals surface area (Å²) in [5.41, 5.74) is 8.26. The molecular formula is C26H21ClN6O2. The first-order valence-electron chi connectivity index (χ1n) is 10.9. The van der Waals surface area contributed by atoms with E-state index >= 15 is 0 Å². The molecule has 0 saturated heterocycles. The lowest BCUT2D eigenvalue weighted by Gasteiger charge is -2.21. The summed E-state index contributed by atoms with van der Waals surface area (Å²) in [6.45, 7) is 1.89. The molecule has 0 fully saturated rings. The van der Waals surface area contributed by atoms with E-state index in [9.17, 15) is 9.90 Å². The standard InChI is InChI=1S/C26H21ClN6O2/c1-15(30-23-19(14-29-26(28)32-23)16-10-12-18(34)13-11-16)24-31-21-9-5-8-20(27)22(21)25(35)33(24)17-6-3-2-4-7-17/h2-15,34H,1H3,(H3,28,29,30,32). The molecule has 0 spiro atoms. The fourth-order valence-electron chi connectivity index (χ4n) is 3.95. The molecule has 0 aliphatic rings. The second-order valence-electron chi connectivity index (χ2n) is 7.98. The van der Waals surface area contributed by atoms with Crippen LogP contribution in [-0.4, -0.2) is 24.6 Å². The van der Waals surface area contributed by atoms with Gasteiger partial charge in [-0.15, -0.1) is 0 Å². The summed E-state index contributed by atoms with van der Waals surface area (Å²) in [5, 5.41) is 13.7. The quantitative estimate of drug-likeness (QED) is 0.322. The number of para-hydroxylation sites is 1. The Morgan fingerprint density at radius 3 is 2.49 bits per heavy atom. The first kappa shape index (κ1) is 22.4. The molecule has 0 aliphatic carbocycles. The second kappa shape index (κ2) is 9.08. The molecule has 174 valence electrons. The zero-order valence-corrected chi connectivity index (χ0v) is 19.4. The number of hydrogen-bond donors (Lipinski definition) is 3. The number of phenols is 1. The highest BCUT2D eigenvalue weighted by molar-refractivity contribution is 6.35. The number of nitrogens with one attached hydrogen (secondary N) is 1. The minimum absolute atomic E-state index is 0.0981. The third-order valence-electron chi connectivity index (χ3n) is 5.61. The Hall–Kier alpha value is -4.43. The van der Waals surface area contributed by atoms with Crippen LogP contribution < -0.4 is 16.6 Å². The van der Waals surface area contributed by atoms with Gasteiger partial charge in [-0.25, -0.2) is 9.97 Å². The zero-order chi connectivity index (χ0) is 24.5. The third kappa shape index (κ3) is 4.27. The summed E-state index contributed by atoms with van der Waals surface area (Å²) in [4.78, 5) is 27.0. The maximum atomic E-state index is 13.6. The topological polar surface area (TPSA) is 119 Å². The molecule has 35 heavy (non-hydrogen) atoms. The maximum Gasteiger partial charge on any atom is 0.267 e. The van der Waals surface area contributed by atoms with E-state index in [0.717, 1.165) is 5.56 Å². The van der Waals surface area contributed by atoms with Gasteiger partial charge in [0.25, 0.3) is 5.56 Å². The first-order chi connectivity index (χ1) is 16.9. The van der Waals surface area contributed by atoms with Gasteiger partial charge >= 0.3 is 0 Å². The van der Waals surface area contributed by atoms with Gasteiger partial charge in [-0.05, 0) is 48.9 Å². The molecule has 0 bridgehead atoms. The van der Waals surface area contributed by atoms with Gasteiger partial charge in [0.15, 0.2) is 0 Å². The van der Waals surface area contributed by atoms with Crippen molar-refractivity contribution < 1.29 is 5.11 Å². The van der Waals surface area contributed by atoms with E-state index < -0.39 is 6.04 Å². The van der Waals surface area contributed by atoms with Crippen LogP contribution in [0.4, 0.5) is 11.8 Å². The van der Waals surface area contributed by atoms with Crippen molar-refractivity contribution in [1.82, 2.24) is 19.5 Å². The van der Waals surface area contributed by atoms with Crippen molar-refractivity contribution in [3.05, 3.63) is 100 Å². The van der Waals surface area contributed by atoms with Gasteiger partial charge < -0.3 is 16.2 Å². The normalized spacial score (nSPS) is 11.9. The van der Waals surface area contributed by atoms with E-state index in [1.54, 1.807) is 53.2 Å². The smallest absolute Gasteiger partial charge is 0.267 e. The molecule has 2 aromatic heterocycles. The molecule has 0 aliphatic heterocycles. The third-order valence-corrected chi connectivity index (χ3v) is 5.93. The Morgan fingerprint density at radius 1 is 1.00 bits per heavy atom. The lowest BCUT2D eigenvalue weighted by atomic mass is 10.1.